The van der Waals surface area contributed by atoms with Crippen LogP contribution in [0.5, 0.6) is 0 Å². The maximum atomic E-state index is 10.8. The number of nitro benzene ring substituents is 1. The van der Waals surface area contributed by atoms with Crippen LogP contribution >= 0.6 is 11.8 Å². The minimum absolute atomic E-state index is 0.100. The average Bonchev–Trinajstić information content (AvgIpc) is 2.93. The van der Waals surface area contributed by atoms with Gasteiger partial charge in [-0.25, -0.2) is 4.98 Å². The number of nitrogens with one attached hydrogen (secondary N) is 1. The summed E-state index contributed by atoms with van der Waals surface area (Å²) in [6, 6.07) is 9.02. The summed E-state index contributed by atoms with van der Waals surface area (Å²) >= 11 is 1.90. The molecule has 1 aliphatic carbocycles. The van der Waals surface area contributed by atoms with E-state index in [-0.39, 0.29) is 10.6 Å². The molecule has 1 N–H and O–H groups in total. The third kappa shape index (κ3) is 2.95. The Hall–Kier alpha value is -1.82. The highest BCUT2D eigenvalue weighted by Gasteiger charge is 2.26. The van der Waals surface area contributed by atoms with Crippen LogP contribution in [-0.4, -0.2) is 27.5 Å². The predicted molar refractivity (Wildman–Crippen MR) is 87.0 cm³/mol. The highest BCUT2D eigenvalue weighted by Crippen LogP contribution is 2.31. The molecule has 0 bridgehead atoms. The van der Waals surface area contributed by atoms with Crippen LogP contribution in [0.4, 0.5) is 11.5 Å². The van der Waals surface area contributed by atoms with Crippen LogP contribution in [0.3, 0.4) is 0 Å². The van der Waals surface area contributed by atoms with E-state index >= 15 is 0 Å². The lowest BCUT2D eigenvalue weighted by molar-refractivity contribution is -0.384. The fourth-order valence-corrected chi connectivity index (χ4v) is 3.81. The van der Waals surface area contributed by atoms with Crippen molar-refractivity contribution in [3.8, 4) is 0 Å². The zero-order valence-electron chi connectivity index (χ0n) is 11.8. The number of nitrogens with zero attached hydrogens (tertiary/aromatic N) is 2. The van der Waals surface area contributed by atoms with Crippen LogP contribution in [0.1, 0.15) is 19.3 Å². The number of non-ortho nitro benzene ring substituents is 1. The molecule has 1 saturated carbocycles. The molecule has 1 aliphatic rings. The molecule has 21 heavy (non-hydrogen) atoms. The minimum atomic E-state index is -0.382. The van der Waals surface area contributed by atoms with E-state index in [4.69, 9.17) is 0 Å². The van der Waals surface area contributed by atoms with Gasteiger partial charge in [-0.1, -0.05) is 6.42 Å². The number of hydrogen-bond donors (Lipinski definition) is 1. The molecule has 6 heteroatoms. The third-order valence-corrected chi connectivity index (χ3v) is 5.14. The zero-order valence-corrected chi connectivity index (χ0v) is 12.6. The van der Waals surface area contributed by atoms with Crippen molar-refractivity contribution in [2.75, 3.05) is 11.6 Å². The monoisotopic (exact) mass is 303 g/mol. The number of hydrogen-bond acceptors (Lipinski definition) is 5. The smallest absolute Gasteiger partial charge is 0.270 e. The minimum Gasteiger partial charge on any atom is -0.366 e. The van der Waals surface area contributed by atoms with E-state index in [1.165, 1.54) is 25.3 Å². The normalized spacial score (nSPS) is 21.6. The molecule has 110 valence electrons. The fraction of sp³-hybridized carbons (Fsp3) is 0.400. The van der Waals surface area contributed by atoms with Crippen LogP contribution in [0, 0.1) is 10.1 Å². The molecule has 1 heterocycles. The van der Waals surface area contributed by atoms with Gasteiger partial charge in [0.15, 0.2) is 0 Å². The number of fused-ring (bicyclic) bond motifs is 1. The van der Waals surface area contributed by atoms with Gasteiger partial charge < -0.3 is 5.32 Å². The van der Waals surface area contributed by atoms with Crippen LogP contribution in [0.15, 0.2) is 30.3 Å². The van der Waals surface area contributed by atoms with Crippen molar-refractivity contribution >= 4 is 34.2 Å². The summed E-state index contributed by atoms with van der Waals surface area (Å²) in [6.07, 6.45) is 5.82. The number of nitro groups is 1. The molecule has 2 atom stereocenters. The number of benzene rings is 1. The highest BCUT2D eigenvalue weighted by molar-refractivity contribution is 7.99. The molecule has 0 aliphatic heterocycles. The largest absolute Gasteiger partial charge is 0.366 e. The Balaban J connectivity index is 1.84. The molecule has 2 unspecified atom stereocenters. The van der Waals surface area contributed by atoms with Gasteiger partial charge >= 0.3 is 0 Å². The van der Waals surface area contributed by atoms with E-state index in [1.54, 1.807) is 12.1 Å². The molecule has 3 rings (SSSR count). The molecule has 1 fully saturated rings. The van der Waals surface area contributed by atoms with E-state index in [1.807, 2.05) is 23.9 Å². The maximum absolute atomic E-state index is 10.8. The molecular formula is C15H17N3O2S. The lowest BCUT2D eigenvalue weighted by atomic mass is 10.2. The Morgan fingerprint density at radius 2 is 2.19 bits per heavy atom. The van der Waals surface area contributed by atoms with E-state index in [0.717, 1.165) is 16.7 Å². The van der Waals surface area contributed by atoms with Gasteiger partial charge in [0.1, 0.15) is 5.82 Å². The highest BCUT2D eigenvalue weighted by atomic mass is 32.2. The van der Waals surface area contributed by atoms with E-state index in [0.29, 0.717) is 11.3 Å². The molecule has 5 nitrogen and oxygen atoms in total. The van der Waals surface area contributed by atoms with Crippen LogP contribution in [-0.2, 0) is 0 Å². The van der Waals surface area contributed by atoms with Crippen LogP contribution in [0.2, 0.25) is 0 Å². The quantitative estimate of drug-likeness (QED) is 0.686. The molecule has 1 aromatic carbocycles. The van der Waals surface area contributed by atoms with Crippen LogP contribution < -0.4 is 5.32 Å². The number of aromatic nitrogens is 1. The first-order chi connectivity index (χ1) is 10.2. The summed E-state index contributed by atoms with van der Waals surface area (Å²) in [5.41, 5.74) is 0.882. The molecular weight excluding hydrogens is 286 g/mol. The number of thioether (sulfide) groups is 1. The van der Waals surface area contributed by atoms with Crippen molar-refractivity contribution < 1.29 is 4.92 Å². The molecule has 0 amide bonds. The lowest BCUT2D eigenvalue weighted by Gasteiger charge is -2.19. The predicted octanol–water partition coefficient (Wildman–Crippen LogP) is 3.84. The first-order valence-electron chi connectivity index (χ1n) is 7.02. The fourth-order valence-electron chi connectivity index (χ4n) is 2.87. The van der Waals surface area contributed by atoms with E-state index in [2.05, 4.69) is 16.6 Å². The van der Waals surface area contributed by atoms with Gasteiger partial charge in [-0.15, -0.1) is 0 Å². The molecule has 0 saturated heterocycles. The Morgan fingerprint density at radius 3 is 2.95 bits per heavy atom. The second kappa shape index (κ2) is 5.89. The standard InChI is InChI=1S/C15H17N3O2S/c1-21-14-4-2-3-13(14)17-15-8-5-10-9-11(18(19)20)6-7-12(10)16-15/h5-9,13-14H,2-4H2,1H3,(H,16,17). The van der Waals surface area contributed by atoms with Gasteiger partial charge in [-0.3, -0.25) is 10.1 Å². The summed E-state index contributed by atoms with van der Waals surface area (Å²) < 4.78 is 0. The van der Waals surface area contributed by atoms with Gasteiger partial charge in [0.2, 0.25) is 0 Å². The van der Waals surface area contributed by atoms with Crippen molar-refractivity contribution in [1.82, 2.24) is 4.98 Å². The molecule has 2 aromatic rings. The van der Waals surface area contributed by atoms with Crippen molar-refractivity contribution in [3.05, 3.63) is 40.4 Å². The molecule has 0 spiro atoms. The second-order valence-electron chi connectivity index (χ2n) is 5.29. The van der Waals surface area contributed by atoms with Gasteiger partial charge in [-0.05, 0) is 37.3 Å². The zero-order chi connectivity index (χ0) is 14.8. The van der Waals surface area contributed by atoms with Crippen molar-refractivity contribution in [2.24, 2.45) is 0 Å². The Morgan fingerprint density at radius 1 is 1.33 bits per heavy atom. The van der Waals surface area contributed by atoms with Gasteiger partial charge in [-0.2, -0.15) is 11.8 Å². The van der Waals surface area contributed by atoms with Crippen molar-refractivity contribution in [1.29, 1.82) is 0 Å². The topological polar surface area (TPSA) is 68.1 Å². The summed E-state index contributed by atoms with van der Waals surface area (Å²) in [7, 11) is 0. The van der Waals surface area contributed by atoms with E-state index < -0.39 is 0 Å². The summed E-state index contributed by atoms with van der Waals surface area (Å²) in [5, 5.41) is 15.7. The molecule has 1 aromatic heterocycles. The van der Waals surface area contributed by atoms with Crippen molar-refractivity contribution in [2.45, 2.75) is 30.6 Å². The first-order valence-corrected chi connectivity index (χ1v) is 8.31. The Bertz CT molecular complexity index is 677. The maximum Gasteiger partial charge on any atom is 0.270 e. The average molecular weight is 303 g/mol. The SMILES string of the molecule is CSC1CCCC1Nc1ccc2cc([N+](=O)[O-])ccc2n1. The number of anilines is 1. The first kappa shape index (κ1) is 14.1. The summed E-state index contributed by atoms with van der Waals surface area (Å²) in [6.45, 7) is 0. The second-order valence-corrected chi connectivity index (χ2v) is 6.36. The summed E-state index contributed by atoms with van der Waals surface area (Å²) in [4.78, 5) is 15.0. The van der Waals surface area contributed by atoms with Gasteiger partial charge in [0.05, 0.1) is 10.4 Å². The van der Waals surface area contributed by atoms with Crippen LogP contribution in [0.25, 0.3) is 10.9 Å². The van der Waals surface area contributed by atoms with Gasteiger partial charge in [0.25, 0.3) is 5.69 Å². The number of pyridine rings is 1. The van der Waals surface area contributed by atoms with Crippen molar-refractivity contribution in [3.63, 3.8) is 0 Å². The van der Waals surface area contributed by atoms with Gasteiger partial charge in [0, 0.05) is 28.8 Å². The summed E-state index contributed by atoms with van der Waals surface area (Å²) in [5.74, 6) is 0.849. The lowest BCUT2D eigenvalue weighted by Crippen LogP contribution is -2.26. The Labute approximate surface area is 127 Å². The van der Waals surface area contributed by atoms with E-state index in [9.17, 15) is 10.1 Å². The number of rotatable bonds is 4. The Kier molecular flexibility index (Phi) is 3.96. The molecule has 0 radical (unpaired) electrons. The third-order valence-electron chi connectivity index (χ3n) is 3.97.